The van der Waals surface area contributed by atoms with Crippen LogP contribution in [0.1, 0.15) is 47.0 Å². The summed E-state index contributed by atoms with van der Waals surface area (Å²) in [4.78, 5) is 0. The zero-order chi connectivity index (χ0) is 17.1. The van der Waals surface area contributed by atoms with Crippen LogP contribution in [0.4, 0.5) is 0 Å². The van der Waals surface area contributed by atoms with Gasteiger partial charge in [-0.1, -0.05) is 40.4 Å². The molecule has 0 aliphatic heterocycles. The third kappa shape index (κ3) is 5.61. The van der Waals surface area contributed by atoms with Gasteiger partial charge >= 0.3 is 0 Å². The third-order valence-corrected chi connectivity index (χ3v) is 13.6. The molecular formula is C16H40O2Si3. The molecule has 0 saturated carbocycles. The summed E-state index contributed by atoms with van der Waals surface area (Å²) in [7, 11) is -4.38. The van der Waals surface area contributed by atoms with Gasteiger partial charge in [0.15, 0.2) is 8.32 Å². The zero-order valence-corrected chi connectivity index (χ0v) is 19.7. The molecule has 0 saturated heterocycles. The molecule has 128 valence electrons. The number of hydrogen-bond acceptors (Lipinski definition) is 2. The summed E-state index contributed by atoms with van der Waals surface area (Å²) in [5.41, 5.74) is 0. The monoisotopic (exact) mass is 348 g/mol. The van der Waals surface area contributed by atoms with Crippen molar-refractivity contribution in [3.05, 3.63) is 0 Å². The van der Waals surface area contributed by atoms with Crippen LogP contribution < -0.4 is 0 Å². The highest BCUT2D eigenvalue weighted by Crippen LogP contribution is 2.35. The molecule has 0 rings (SSSR count). The van der Waals surface area contributed by atoms with Gasteiger partial charge in [0.2, 0.25) is 9.04 Å². The van der Waals surface area contributed by atoms with Crippen LogP contribution >= 0.6 is 0 Å². The van der Waals surface area contributed by atoms with Gasteiger partial charge in [-0.2, -0.15) is 0 Å². The lowest BCUT2D eigenvalue weighted by Crippen LogP contribution is -2.60. The maximum Gasteiger partial charge on any atom is 0.204 e. The third-order valence-electron chi connectivity index (χ3n) is 5.15. The number of hydrogen-bond donors (Lipinski definition) is 0. The van der Waals surface area contributed by atoms with Crippen molar-refractivity contribution in [2.24, 2.45) is 0 Å². The minimum atomic E-state index is -1.56. The van der Waals surface area contributed by atoms with Gasteiger partial charge < -0.3 is 8.85 Å². The van der Waals surface area contributed by atoms with Crippen LogP contribution in [-0.2, 0) is 8.85 Å². The van der Waals surface area contributed by atoms with E-state index < -0.39 is 25.4 Å². The first-order chi connectivity index (χ1) is 9.27. The van der Waals surface area contributed by atoms with Gasteiger partial charge in [-0.05, 0) is 52.4 Å². The highest BCUT2D eigenvalue weighted by molar-refractivity contribution is 6.79. The summed E-state index contributed by atoms with van der Waals surface area (Å²) in [5.74, 6) is 0. The summed E-state index contributed by atoms with van der Waals surface area (Å²) >= 11 is 0. The topological polar surface area (TPSA) is 18.5 Å². The van der Waals surface area contributed by atoms with Crippen LogP contribution in [-0.4, -0.2) is 35.9 Å². The van der Waals surface area contributed by atoms with E-state index in [1.807, 2.05) is 0 Å². The van der Waals surface area contributed by atoms with E-state index in [4.69, 9.17) is 8.85 Å². The first kappa shape index (κ1) is 21.6. The highest BCUT2D eigenvalue weighted by atomic mass is 28.4. The highest BCUT2D eigenvalue weighted by Gasteiger charge is 2.46. The predicted molar refractivity (Wildman–Crippen MR) is 104 cm³/mol. The molecule has 0 radical (unpaired) electrons. The summed E-state index contributed by atoms with van der Waals surface area (Å²) in [6.07, 6.45) is 3.26. The maximum atomic E-state index is 6.84. The molecular weight excluding hydrogens is 308 g/mol. The molecule has 0 amide bonds. The Balaban J connectivity index is 5.37. The van der Waals surface area contributed by atoms with Crippen LogP contribution in [0.2, 0.25) is 45.8 Å². The van der Waals surface area contributed by atoms with Crippen molar-refractivity contribution >= 4 is 25.4 Å². The van der Waals surface area contributed by atoms with E-state index in [-0.39, 0.29) is 10.4 Å². The predicted octanol–water partition coefficient (Wildman–Crippen LogP) is 5.35. The Morgan fingerprint density at radius 3 is 1.52 bits per heavy atom. The van der Waals surface area contributed by atoms with Crippen molar-refractivity contribution < 1.29 is 8.85 Å². The van der Waals surface area contributed by atoms with Crippen molar-refractivity contribution in [3.8, 4) is 0 Å². The zero-order valence-electron chi connectivity index (χ0n) is 16.5. The Morgan fingerprint density at radius 2 is 1.29 bits per heavy atom. The minimum Gasteiger partial charge on any atom is -0.415 e. The summed E-state index contributed by atoms with van der Waals surface area (Å²) in [5, 5.41) is 0.0670. The van der Waals surface area contributed by atoms with Crippen LogP contribution in [0.15, 0.2) is 0 Å². The average Bonchev–Trinajstić information content (AvgIpc) is 2.33. The molecule has 2 atom stereocenters. The molecule has 0 aliphatic rings. The van der Waals surface area contributed by atoms with E-state index in [2.05, 4.69) is 73.5 Å². The molecule has 0 aromatic carbocycles. The lowest BCUT2D eigenvalue weighted by molar-refractivity contribution is 0.0749. The Hall–Kier alpha value is 0.571. The number of rotatable bonds is 9. The first-order valence-electron chi connectivity index (χ1n) is 8.65. The Bertz CT molecular complexity index is 316. The molecule has 2 unspecified atom stereocenters. The van der Waals surface area contributed by atoms with Gasteiger partial charge in [-0.25, -0.2) is 0 Å². The van der Waals surface area contributed by atoms with Crippen LogP contribution in [0.25, 0.3) is 0 Å². The Labute approximate surface area is 137 Å². The largest absolute Gasteiger partial charge is 0.415 e. The smallest absolute Gasteiger partial charge is 0.204 e. The molecule has 0 bridgehead atoms. The molecule has 0 aliphatic carbocycles. The average molecular weight is 349 g/mol. The van der Waals surface area contributed by atoms with Gasteiger partial charge in [0.05, 0.1) is 13.3 Å². The Kier molecular flexibility index (Phi) is 7.63. The van der Waals surface area contributed by atoms with Crippen LogP contribution in [0, 0.1) is 0 Å². The summed E-state index contributed by atoms with van der Waals surface area (Å²) in [6, 6.07) is 0. The van der Waals surface area contributed by atoms with E-state index in [0.717, 1.165) is 19.3 Å². The second kappa shape index (κ2) is 7.43. The molecule has 2 nitrogen and oxygen atoms in total. The molecule has 5 heteroatoms. The van der Waals surface area contributed by atoms with E-state index in [0.29, 0.717) is 0 Å². The van der Waals surface area contributed by atoms with Crippen molar-refractivity contribution in [1.29, 1.82) is 0 Å². The first-order valence-corrected chi connectivity index (χ1v) is 17.8. The fourth-order valence-corrected chi connectivity index (χ4v) is 11.5. The normalized spacial score (nSPS) is 18.4. The van der Waals surface area contributed by atoms with Gasteiger partial charge in [0, 0.05) is 5.22 Å². The molecule has 0 fully saturated rings. The van der Waals surface area contributed by atoms with Gasteiger partial charge in [0.1, 0.15) is 0 Å². The van der Waals surface area contributed by atoms with Crippen molar-refractivity contribution in [2.75, 3.05) is 0 Å². The van der Waals surface area contributed by atoms with E-state index >= 15 is 0 Å². The van der Waals surface area contributed by atoms with Gasteiger partial charge in [-0.3, -0.25) is 0 Å². The minimum absolute atomic E-state index is 0.000548. The Morgan fingerprint density at radius 1 is 0.857 bits per heavy atom. The summed E-state index contributed by atoms with van der Waals surface area (Å²) in [6.45, 7) is 25.7. The second-order valence-corrected chi connectivity index (χ2v) is 21.1. The van der Waals surface area contributed by atoms with E-state index in [1.165, 1.54) is 0 Å². The fourth-order valence-electron chi connectivity index (χ4n) is 2.95. The van der Waals surface area contributed by atoms with Crippen LogP contribution in [0.3, 0.4) is 0 Å². The molecule has 21 heavy (non-hydrogen) atoms. The standard InChI is InChI=1S/C16H40O2Si3/c1-12-15(4,20(6,7)8)17-19(5)16(13-2,14-3)18-21(9,10)11/h19H,12-14H2,1-11H3. The fraction of sp³-hybridized carbons (Fsp3) is 1.00. The molecule has 0 aromatic heterocycles. The van der Waals surface area contributed by atoms with Crippen LogP contribution in [0.5, 0.6) is 0 Å². The quantitative estimate of drug-likeness (QED) is 0.523. The summed E-state index contributed by atoms with van der Waals surface area (Å²) < 4.78 is 13.5. The molecule has 0 aromatic rings. The van der Waals surface area contributed by atoms with Crippen molar-refractivity contribution in [3.63, 3.8) is 0 Å². The van der Waals surface area contributed by atoms with Gasteiger partial charge in [-0.15, -0.1) is 0 Å². The molecule has 0 spiro atoms. The lowest BCUT2D eigenvalue weighted by atomic mass is 10.2. The van der Waals surface area contributed by atoms with Crippen molar-refractivity contribution in [2.45, 2.75) is 103 Å². The SMILES string of the molecule is CCC(CC)(O[Si](C)(C)C)[SiH](C)OC(C)(CC)[Si](C)(C)C. The van der Waals surface area contributed by atoms with E-state index in [1.54, 1.807) is 0 Å². The van der Waals surface area contributed by atoms with Crippen molar-refractivity contribution in [1.82, 2.24) is 0 Å². The molecule has 0 heterocycles. The van der Waals surface area contributed by atoms with E-state index in [9.17, 15) is 0 Å². The second-order valence-electron chi connectivity index (χ2n) is 8.58. The lowest BCUT2D eigenvalue weighted by Gasteiger charge is -2.48. The maximum absolute atomic E-state index is 6.84. The van der Waals surface area contributed by atoms with Gasteiger partial charge in [0.25, 0.3) is 0 Å². The molecule has 0 N–H and O–H groups in total.